The summed E-state index contributed by atoms with van der Waals surface area (Å²) in [5, 5.41) is 2.61. The van der Waals surface area contributed by atoms with Crippen LogP contribution in [0.1, 0.15) is 19.4 Å². The summed E-state index contributed by atoms with van der Waals surface area (Å²) in [6, 6.07) is 7.69. The van der Waals surface area contributed by atoms with Gasteiger partial charge in [-0.2, -0.15) is 0 Å². The first-order chi connectivity index (χ1) is 12.4. The molecule has 0 fully saturated rings. The summed E-state index contributed by atoms with van der Waals surface area (Å²) in [6.07, 6.45) is 2.67. The number of methoxy groups -OCH3 is 1. The highest BCUT2D eigenvalue weighted by Crippen LogP contribution is 2.16. The van der Waals surface area contributed by atoms with Gasteiger partial charge in [-0.3, -0.25) is 4.79 Å². The van der Waals surface area contributed by atoms with Crippen LogP contribution in [0.5, 0.6) is 0 Å². The number of nitrogens with zero attached hydrogens (tertiary/aromatic N) is 1. The smallest absolute Gasteiger partial charge is 0.408 e. The number of hydrogen-bond donors (Lipinski definition) is 1. The first kappa shape index (κ1) is 19.5. The molecule has 7 heteroatoms. The van der Waals surface area contributed by atoms with Crippen molar-refractivity contribution in [2.24, 2.45) is 5.92 Å². The minimum absolute atomic E-state index is 0.113. The molecule has 2 amide bonds. The third-order valence-electron chi connectivity index (χ3n) is 4.10. The molecule has 0 saturated carbocycles. The van der Waals surface area contributed by atoms with E-state index in [0.717, 1.165) is 5.56 Å². The number of benzene rings is 1. The molecular weight excluding hydrogens is 336 g/mol. The Kier molecular flexibility index (Phi) is 6.77. The molecule has 1 N–H and O–H groups in total. The predicted molar refractivity (Wildman–Crippen MR) is 95.0 cm³/mol. The highest BCUT2D eigenvalue weighted by atomic mass is 16.5. The number of esters is 1. The maximum atomic E-state index is 12.8. The molecule has 7 nitrogen and oxygen atoms in total. The molecule has 0 bridgehead atoms. The molecule has 2 atom stereocenters. The Labute approximate surface area is 153 Å². The molecule has 140 valence electrons. The van der Waals surface area contributed by atoms with E-state index in [2.05, 4.69) is 5.32 Å². The molecule has 1 heterocycles. The summed E-state index contributed by atoms with van der Waals surface area (Å²) in [5.74, 6) is -1.04. The summed E-state index contributed by atoms with van der Waals surface area (Å²) < 4.78 is 9.92. The lowest BCUT2D eigenvalue weighted by molar-refractivity contribution is -0.150. The summed E-state index contributed by atoms with van der Waals surface area (Å²) in [5.41, 5.74) is 0.851. The van der Waals surface area contributed by atoms with Crippen LogP contribution in [0.4, 0.5) is 4.79 Å². The maximum absolute atomic E-state index is 12.8. The van der Waals surface area contributed by atoms with Crippen molar-refractivity contribution >= 4 is 18.0 Å². The number of ether oxygens (including phenoxy) is 2. The van der Waals surface area contributed by atoms with Gasteiger partial charge in [-0.1, -0.05) is 56.3 Å². The first-order valence-corrected chi connectivity index (χ1v) is 8.46. The summed E-state index contributed by atoms with van der Waals surface area (Å²) in [4.78, 5) is 38.2. The molecular formula is C19H24N2O5. The third kappa shape index (κ3) is 4.84. The van der Waals surface area contributed by atoms with Crippen LogP contribution in [-0.2, 0) is 25.7 Å². The number of carbonyl (C=O) groups excluding carboxylic acids is 3. The Morgan fingerprint density at radius 3 is 2.54 bits per heavy atom. The minimum atomic E-state index is -0.801. The molecule has 1 aromatic carbocycles. The van der Waals surface area contributed by atoms with E-state index in [1.165, 1.54) is 12.0 Å². The lowest BCUT2D eigenvalue weighted by atomic mass is 10.0. The highest BCUT2D eigenvalue weighted by Gasteiger charge is 2.37. The zero-order chi connectivity index (χ0) is 19.1. The van der Waals surface area contributed by atoms with E-state index in [1.54, 1.807) is 12.2 Å². The van der Waals surface area contributed by atoms with Gasteiger partial charge in [-0.05, 0) is 11.5 Å². The van der Waals surface area contributed by atoms with Crippen LogP contribution in [0.2, 0.25) is 0 Å². The van der Waals surface area contributed by atoms with E-state index in [1.807, 2.05) is 44.2 Å². The van der Waals surface area contributed by atoms with Crippen molar-refractivity contribution in [3.63, 3.8) is 0 Å². The van der Waals surface area contributed by atoms with Crippen LogP contribution in [-0.4, -0.2) is 48.6 Å². The van der Waals surface area contributed by atoms with Crippen molar-refractivity contribution in [2.45, 2.75) is 32.5 Å². The zero-order valence-corrected chi connectivity index (χ0v) is 15.2. The Hall–Kier alpha value is -2.83. The molecule has 2 rings (SSSR count). The summed E-state index contributed by atoms with van der Waals surface area (Å²) in [7, 11) is 1.27. The molecule has 0 aliphatic carbocycles. The van der Waals surface area contributed by atoms with Gasteiger partial charge in [0.05, 0.1) is 7.11 Å². The van der Waals surface area contributed by atoms with Gasteiger partial charge in [0, 0.05) is 6.54 Å². The fraction of sp³-hybridized carbons (Fsp3) is 0.421. The third-order valence-corrected chi connectivity index (χ3v) is 4.10. The van der Waals surface area contributed by atoms with Gasteiger partial charge in [-0.15, -0.1) is 0 Å². The monoisotopic (exact) mass is 360 g/mol. The molecule has 0 aromatic heterocycles. The van der Waals surface area contributed by atoms with Gasteiger partial charge in [0.1, 0.15) is 18.7 Å². The topological polar surface area (TPSA) is 84.9 Å². The number of nitrogens with one attached hydrogen (secondary N) is 1. The predicted octanol–water partition coefficient (Wildman–Crippen LogP) is 1.88. The number of alkyl carbamates (subject to hydrolysis) is 1. The molecule has 0 radical (unpaired) electrons. The van der Waals surface area contributed by atoms with Crippen LogP contribution in [0.25, 0.3) is 0 Å². The fourth-order valence-electron chi connectivity index (χ4n) is 2.66. The van der Waals surface area contributed by atoms with E-state index in [0.29, 0.717) is 6.54 Å². The fourth-order valence-corrected chi connectivity index (χ4v) is 2.66. The van der Waals surface area contributed by atoms with Crippen molar-refractivity contribution in [1.82, 2.24) is 10.2 Å². The van der Waals surface area contributed by atoms with Gasteiger partial charge in [-0.25, -0.2) is 9.59 Å². The SMILES string of the molecule is COC(=O)[C@@H]1C=CCN1C(=O)[C@@H](NC(=O)OCc1ccccc1)C(C)C. The first-order valence-electron chi connectivity index (χ1n) is 8.46. The second kappa shape index (κ2) is 9.03. The Bertz CT molecular complexity index is 672. The van der Waals surface area contributed by atoms with Gasteiger partial charge in [0.2, 0.25) is 5.91 Å². The van der Waals surface area contributed by atoms with E-state index in [4.69, 9.17) is 9.47 Å². The van der Waals surface area contributed by atoms with Crippen LogP contribution in [0, 0.1) is 5.92 Å². The Morgan fingerprint density at radius 1 is 1.23 bits per heavy atom. The zero-order valence-electron chi connectivity index (χ0n) is 15.2. The average Bonchev–Trinajstić information content (AvgIpc) is 3.13. The molecule has 1 aromatic rings. The second-order valence-electron chi connectivity index (χ2n) is 6.31. The normalized spacial score (nSPS) is 17.1. The number of amides is 2. The number of rotatable bonds is 6. The van der Waals surface area contributed by atoms with Crippen LogP contribution in [0.15, 0.2) is 42.5 Å². The van der Waals surface area contributed by atoms with Gasteiger partial charge in [0.15, 0.2) is 0 Å². The second-order valence-corrected chi connectivity index (χ2v) is 6.31. The van der Waals surface area contributed by atoms with E-state index in [9.17, 15) is 14.4 Å². The summed E-state index contributed by atoms with van der Waals surface area (Å²) >= 11 is 0. The van der Waals surface area contributed by atoms with Crippen LogP contribution >= 0.6 is 0 Å². The molecule has 0 unspecified atom stereocenters. The highest BCUT2D eigenvalue weighted by molar-refractivity contribution is 5.91. The Morgan fingerprint density at radius 2 is 1.92 bits per heavy atom. The maximum Gasteiger partial charge on any atom is 0.408 e. The lowest BCUT2D eigenvalue weighted by Gasteiger charge is -2.29. The van der Waals surface area contributed by atoms with Crippen molar-refractivity contribution in [3.8, 4) is 0 Å². The average molecular weight is 360 g/mol. The Balaban J connectivity index is 1.98. The van der Waals surface area contributed by atoms with Crippen LogP contribution in [0.3, 0.4) is 0 Å². The minimum Gasteiger partial charge on any atom is -0.467 e. The van der Waals surface area contributed by atoms with Crippen LogP contribution < -0.4 is 5.32 Å². The van der Waals surface area contributed by atoms with Crippen molar-refractivity contribution in [3.05, 3.63) is 48.0 Å². The molecule has 26 heavy (non-hydrogen) atoms. The van der Waals surface area contributed by atoms with Gasteiger partial charge >= 0.3 is 12.1 Å². The standard InChI is InChI=1S/C19H24N2O5/c1-13(2)16(17(22)21-11-7-10-15(21)18(23)25-3)20-19(24)26-12-14-8-5-4-6-9-14/h4-10,13,15-16H,11-12H2,1-3H3,(H,20,24)/t15-,16-/m0/s1. The van der Waals surface area contributed by atoms with Gasteiger partial charge < -0.3 is 19.7 Å². The molecule has 0 saturated heterocycles. The van der Waals surface area contributed by atoms with E-state index in [-0.39, 0.29) is 18.4 Å². The number of carbonyl (C=O) groups is 3. The van der Waals surface area contributed by atoms with Crippen molar-refractivity contribution in [2.75, 3.05) is 13.7 Å². The molecule has 1 aliphatic rings. The molecule has 0 spiro atoms. The van der Waals surface area contributed by atoms with Crippen molar-refractivity contribution < 1.29 is 23.9 Å². The molecule has 1 aliphatic heterocycles. The summed E-state index contributed by atoms with van der Waals surface area (Å²) in [6.45, 7) is 4.04. The van der Waals surface area contributed by atoms with Crippen molar-refractivity contribution in [1.29, 1.82) is 0 Å². The quantitative estimate of drug-likeness (QED) is 0.618. The van der Waals surface area contributed by atoms with E-state index < -0.39 is 24.1 Å². The largest absolute Gasteiger partial charge is 0.467 e. The lowest BCUT2D eigenvalue weighted by Crippen LogP contribution is -2.54. The van der Waals surface area contributed by atoms with E-state index >= 15 is 0 Å². The van der Waals surface area contributed by atoms with Gasteiger partial charge in [0.25, 0.3) is 0 Å². The number of hydrogen-bond acceptors (Lipinski definition) is 5.